The van der Waals surface area contributed by atoms with Gasteiger partial charge in [0.2, 0.25) is 0 Å². The number of rotatable bonds is 2. The van der Waals surface area contributed by atoms with E-state index < -0.39 is 0 Å². The second kappa shape index (κ2) is 5.81. The standard InChI is InChI=1S/C16H24FN/c1-11-9-15(12(11)2)10-14-7-5-4-6-8-18-13(3)16(14)17/h7-8,11-12,15H,4-6,9-10H2,1-3H3. The zero-order chi connectivity index (χ0) is 13.1. The molecule has 0 radical (unpaired) electrons. The van der Waals surface area contributed by atoms with Crippen molar-refractivity contribution in [3.63, 3.8) is 0 Å². The molecule has 1 fully saturated rings. The monoisotopic (exact) mass is 249 g/mol. The summed E-state index contributed by atoms with van der Waals surface area (Å²) < 4.78 is 14.3. The van der Waals surface area contributed by atoms with Gasteiger partial charge in [0.05, 0.1) is 5.70 Å². The summed E-state index contributed by atoms with van der Waals surface area (Å²) >= 11 is 0. The van der Waals surface area contributed by atoms with Gasteiger partial charge in [-0.25, -0.2) is 4.39 Å². The van der Waals surface area contributed by atoms with Gasteiger partial charge in [-0.15, -0.1) is 0 Å². The predicted octanol–water partition coefficient (Wildman–Crippen LogP) is 5.05. The van der Waals surface area contributed by atoms with Gasteiger partial charge in [-0.2, -0.15) is 0 Å². The van der Waals surface area contributed by atoms with Crippen LogP contribution in [0.4, 0.5) is 4.39 Å². The summed E-state index contributed by atoms with van der Waals surface area (Å²) in [6.07, 6.45) is 9.08. The van der Waals surface area contributed by atoms with Gasteiger partial charge in [0.1, 0.15) is 5.83 Å². The lowest BCUT2D eigenvalue weighted by Crippen LogP contribution is -2.32. The lowest BCUT2D eigenvalue weighted by Gasteiger charge is -2.41. The third-order valence-electron chi connectivity index (χ3n) is 4.61. The van der Waals surface area contributed by atoms with E-state index in [0.717, 1.165) is 43.1 Å². The third-order valence-corrected chi connectivity index (χ3v) is 4.61. The minimum absolute atomic E-state index is 0.0834. The second-order valence-corrected chi connectivity index (χ2v) is 5.91. The lowest BCUT2D eigenvalue weighted by atomic mass is 9.64. The van der Waals surface area contributed by atoms with Crippen molar-refractivity contribution >= 4 is 6.21 Å². The molecule has 0 aromatic carbocycles. The average molecular weight is 249 g/mol. The molecule has 1 saturated carbocycles. The zero-order valence-electron chi connectivity index (χ0n) is 11.7. The number of halogens is 1. The van der Waals surface area contributed by atoms with Crippen LogP contribution in [-0.2, 0) is 0 Å². The quantitative estimate of drug-likeness (QED) is 0.649. The van der Waals surface area contributed by atoms with Crippen LogP contribution >= 0.6 is 0 Å². The van der Waals surface area contributed by atoms with Crippen LogP contribution in [0.25, 0.3) is 0 Å². The van der Waals surface area contributed by atoms with Crippen LogP contribution in [-0.4, -0.2) is 6.21 Å². The lowest BCUT2D eigenvalue weighted by molar-refractivity contribution is 0.103. The largest absolute Gasteiger partial charge is 0.263 e. The molecule has 1 heterocycles. The van der Waals surface area contributed by atoms with Crippen LogP contribution in [0.15, 0.2) is 28.2 Å². The van der Waals surface area contributed by atoms with Gasteiger partial charge in [-0.3, -0.25) is 4.99 Å². The molecule has 3 atom stereocenters. The molecular formula is C16H24FN. The molecule has 1 aliphatic heterocycles. The molecule has 0 spiro atoms. The van der Waals surface area contributed by atoms with Gasteiger partial charge in [0.25, 0.3) is 0 Å². The summed E-state index contributed by atoms with van der Waals surface area (Å²) in [5, 5.41) is 0. The Kier molecular flexibility index (Phi) is 4.36. The minimum atomic E-state index is -0.0834. The number of allylic oxidation sites excluding steroid dienone is 4. The highest BCUT2D eigenvalue weighted by Gasteiger charge is 2.35. The number of hydrogen-bond acceptors (Lipinski definition) is 1. The van der Waals surface area contributed by atoms with E-state index in [-0.39, 0.29) is 5.83 Å². The van der Waals surface area contributed by atoms with Crippen molar-refractivity contribution in [1.29, 1.82) is 0 Å². The first-order valence-electron chi connectivity index (χ1n) is 7.18. The Morgan fingerprint density at radius 1 is 1.33 bits per heavy atom. The summed E-state index contributed by atoms with van der Waals surface area (Å²) in [5.74, 6) is 2.11. The fraction of sp³-hybridized carbons (Fsp3) is 0.688. The summed E-state index contributed by atoms with van der Waals surface area (Å²) in [6.45, 7) is 6.36. The van der Waals surface area contributed by atoms with Gasteiger partial charge in [-0.05, 0) is 62.4 Å². The SMILES string of the molecule is CC1=C(F)C(CC2CC(C)C2C)=CCCCC=N1. The van der Waals surface area contributed by atoms with Crippen LogP contribution in [0.3, 0.4) is 0 Å². The Morgan fingerprint density at radius 3 is 2.78 bits per heavy atom. The van der Waals surface area contributed by atoms with Crippen molar-refractivity contribution in [2.45, 2.75) is 52.9 Å². The molecule has 2 heteroatoms. The van der Waals surface area contributed by atoms with Gasteiger partial charge in [0.15, 0.2) is 0 Å². The number of aliphatic imine (C=N–C) groups is 1. The van der Waals surface area contributed by atoms with E-state index in [1.54, 1.807) is 6.92 Å². The maximum atomic E-state index is 14.3. The number of nitrogens with zero attached hydrogens (tertiary/aromatic N) is 1. The maximum Gasteiger partial charge on any atom is 0.147 e. The van der Waals surface area contributed by atoms with Crippen molar-refractivity contribution in [2.24, 2.45) is 22.7 Å². The summed E-state index contributed by atoms with van der Waals surface area (Å²) in [6, 6.07) is 0. The molecule has 0 aromatic heterocycles. The molecule has 0 N–H and O–H groups in total. The fourth-order valence-electron chi connectivity index (χ4n) is 2.97. The van der Waals surface area contributed by atoms with E-state index >= 15 is 0 Å². The third kappa shape index (κ3) is 2.90. The Bertz CT molecular complexity index is 392. The second-order valence-electron chi connectivity index (χ2n) is 5.91. The molecule has 0 aromatic rings. The zero-order valence-corrected chi connectivity index (χ0v) is 11.7. The molecule has 3 unspecified atom stereocenters. The Labute approximate surface area is 110 Å². The maximum absolute atomic E-state index is 14.3. The first-order valence-corrected chi connectivity index (χ1v) is 7.18. The van der Waals surface area contributed by atoms with Crippen LogP contribution in [0, 0.1) is 17.8 Å². The van der Waals surface area contributed by atoms with E-state index in [4.69, 9.17) is 0 Å². The van der Waals surface area contributed by atoms with Gasteiger partial charge < -0.3 is 0 Å². The first-order chi connectivity index (χ1) is 8.59. The predicted molar refractivity (Wildman–Crippen MR) is 75.3 cm³/mol. The van der Waals surface area contributed by atoms with E-state index in [0.29, 0.717) is 11.6 Å². The highest BCUT2D eigenvalue weighted by molar-refractivity contribution is 5.59. The van der Waals surface area contributed by atoms with Crippen molar-refractivity contribution in [2.75, 3.05) is 0 Å². The molecule has 1 nitrogen and oxygen atoms in total. The molecule has 2 aliphatic rings. The van der Waals surface area contributed by atoms with Crippen LogP contribution < -0.4 is 0 Å². The first kappa shape index (κ1) is 13.5. The van der Waals surface area contributed by atoms with Gasteiger partial charge in [0, 0.05) is 6.21 Å². The van der Waals surface area contributed by atoms with Crippen molar-refractivity contribution in [3.8, 4) is 0 Å². The highest BCUT2D eigenvalue weighted by atomic mass is 19.1. The Morgan fingerprint density at radius 2 is 2.11 bits per heavy atom. The van der Waals surface area contributed by atoms with Crippen LogP contribution in [0.2, 0.25) is 0 Å². The molecule has 0 amide bonds. The van der Waals surface area contributed by atoms with Gasteiger partial charge >= 0.3 is 0 Å². The topological polar surface area (TPSA) is 12.4 Å². The molecule has 1 aliphatic carbocycles. The molecule has 100 valence electrons. The summed E-state index contributed by atoms with van der Waals surface area (Å²) in [7, 11) is 0. The van der Waals surface area contributed by atoms with E-state index in [9.17, 15) is 4.39 Å². The van der Waals surface area contributed by atoms with Crippen LogP contribution in [0.1, 0.15) is 52.9 Å². The van der Waals surface area contributed by atoms with Crippen molar-refractivity contribution < 1.29 is 4.39 Å². The van der Waals surface area contributed by atoms with Crippen molar-refractivity contribution in [3.05, 3.63) is 23.2 Å². The van der Waals surface area contributed by atoms with E-state index in [1.165, 1.54) is 6.42 Å². The normalized spacial score (nSPS) is 33.3. The molecule has 2 rings (SSSR count). The minimum Gasteiger partial charge on any atom is -0.263 e. The summed E-state index contributed by atoms with van der Waals surface area (Å²) in [5.41, 5.74) is 1.44. The molecule has 18 heavy (non-hydrogen) atoms. The molecule has 0 saturated heterocycles. The molecular weight excluding hydrogens is 225 g/mol. The fourth-order valence-corrected chi connectivity index (χ4v) is 2.97. The van der Waals surface area contributed by atoms with Crippen LogP contribution in [0.5, 0.6) is 0 Å². The van der Waals surface area contributed by atoms with E-state index in [1.807, 2.05) is 6.21 Å². The Hall–Kier alpha value is -0.920. The number of hydrogen-bond donors (Lipinski definition) is 0. The summed E-state index contributed by atoms with van der Waals surface area (Å²) in [4.78, 5) is 4.20. The molecule has 0 bridgehead atoms. The average Bonchev–Trinajstić information content (AvgIpc) is 2.44. The smallest absolute Gasteiger partial charge is 0.147 e. The van der Waals surface area contributed by atoms with Gasteiger partial charge in [-0.1, -0.05) is 19.9 Å². The van der Waals surface area contributed by atoms with E-state index in [2.05, 4.69) is 24.9 Å². The Balaban J connectivity index is 2.10. The van der Waals surface area contributed by atoms with Crippen molar-refractivity contribution in [1.82, 2.24) is 0 Å². The highest BCUT2D eigenvalue weighted by Crippen LogP contribution is 2.44.